The maximum atomic E-state index is 11.4. The highest BCUT2D eigenvalue weighted by Gasteiger charge is 2.15. The Labute approximate surface area is 106 Å². The molecule has 0 amide bonds. The van der Waals surface area contributed by atoms with Crippen LogP contribution < -0.4 is 9.47 Å². The Hall–Kier alpha value is -2.04. The first-order chi connectivity index (χ1) is 8.62. The average Bonchev–Trinajstić information content (AvgIpc) is 2.43. The molecule has 0 saturated carbocycles. The number of benzene rings is 1. The van der Waals surface area contributed by atoms with Gasteiger partial charge in [-0.15, -0.1) is 0 Å². The van der Waals surface area contributed by atoms with E-state index in [1.54, 1.807) is 32.4 Å². The second kappa shape index (κ2) is 6.64. The van der Waals surface area contributed by atoms with Crippen LogP contribution in [-0.4, -0.2) is 33.1 Å². The van der Waals surface area contributed by atoms with Gasteiger partial charge in [-0.2, -0.15) is 0 Å². The van der Waals surface area contributed by atoms with Gasteiger partial charge in [0.1, 0.15) is 11.5 Å². The summed E-state index contributed by atoms with van der Waals surface area (Å²) in [4.78, 5) is 22.3. The van der Waals surface area contributed by atoms with Gasteiger partial charge in [-0.3, -0.25) is 4.79 Å². The fraction of sp³-hybridized carbons (Fsp3) is 0.385. The minimum absolute atomic E-state index is 0.0796. The third kappa shape index (κ3) is 3.48. The van der Waals surface area contributed by atoms with Crippen LogP contribution in [0, 0.1) is 0 Å². The quantitative estimate of drug-likeness (QED) is 0.565. The van der Waals surface area contributed by atoms with Gasteiger partial charge in [-0.1, -0.05) is 0 Å². The average molecular weight is 252 g/mol. The van der Waals surface area contributed by atoms with E-state index < -0.39 is 11.8 Å². The Morgan fingerprint density at radius 3 is 2.39 bits per heavy atom. The normalized spacial score (nSPS) is 9.72. The number of esters is 1. The molecule has 0 spiro atoms. The van der Waals surface area contributed by atoms with Crippen LogP contribution in [0.3, 0.4) is 0 Å². The van der Waals surface area contributed by atoms with Crippen molar-refractivity contribution in [2.45, 2.75) is 12.8 Å². The Morgan fingerprint density at radius 1 is 1.11 bits per heavy atom. The van der Waals surface area contributed by atoms with Crippen LogP contribution in [0.5, 0.6) is 11.5 Å². The molecule has 0 N–H and O–H groups in total. The highest BCUT2D eigenvalue weighted by atomic mass is 16.5. The number of Topliss-reactive ketones (excluding diaryl/α,β-unsaturated/α-hetero) is 1. The molecule has 0 bridgehead atoms. The van der Waals surface area contributed by atoms with Crippen molar-refractivity contribution in [2.24, 2.45) is 0 Å². The van der Waals surface area contributed by atoms with Crippen LogP contribution >= 0.6 is 0 Å². The number of hydrogen-bond acceptors (Lipinski definition) is 5. The van der Waals surface area contributed by atoms with Gasteiger partial charge in [-0.05, 0) is 30.2 Å². The topological polar surface area (TPSA) is 61.8 Å². The van der Waals surface area contributed by atoms with Crippen molar-refractivity contribution >= 4 is 11.8 Å². The van der Waals surface area contributed by atoms with Crippen LogP contribution in [-0.2, 0) is 20.7 Å². The highest BCUT2D eigenvalue weighted by Crippen LogP contribution is 2.25. The summed E-state index contributed by atoms with van der Waals surface area (Å²) >= 11 is 0. The van der Waals surface area contributed by atoms with Crippen molar-refractivity contribution in [1.82, 2.24) is 0 Å². The van der Waals surface area contributed by atoms with Crippen molar-refractivity contribution in [3.8, 4) is 11.5 Å². The first-order valence-electron chi connectivity index (χ1n) is 5.44. The maximum absolute atomic E-state index is 11.4. The minimum atomic E-state index is -0.822. The van der Waals surface area contributed by atoms with Crippen LogP contribution in [0.2, 0.25) is 0 Å². The van der Waals surface area contributed by atoms with Gasteiger partial charge in [0.2, 0.25) is 5.78 Å². The Bertz CT molecular complexity index is 439. The van der Waals surface area contributed by atoms with Crippen LogP contribution in [0.4, 0.5) is 0 Å². The fourth-order valence-electron chi connectivity index (χ4n) is 1.54. The van der Waals surface area contributed by atoms with E-state index in [-0.39, 0.29) is 6.42 Å². The summed E-state index contributed by atoms with van der Waals surface area (Å²) in [5.74, 6) is -0.0379. The van der Waals surface area contributed by atoms with E-state index in [2.05, 4.69) is 4.74 Å². The third-order valence-electron chi connectivity index (χ3n) is 2.52. The number of ketones is 1. The van der Waals surface area contributed by atoms with Gasteiger partial charge >= 0.3 is 5.97 Å². The van der Waals surface area contributed by atoms with E-state index in [4.69, 9.17) is 9.47 Å². The largest absolute Gasteiger partial charge is 0.497 e. The van der Waals surface area contributed by atoms with E-state index in [1.165, 1.54) is 7.11 Å². The number of carbonyl (C=O) groups excluding carboxylic acids is 2. The Morgan fingerprint density at radius 2 is 1.83 bits per heavy atom. The summed E-state index contributed by atoms with van der Waals surface area (Å²) in [6, 6.07) is 5.31. The van der Waals surface area contributed by atoms with Crippen molar-refractivity contribution in [3.63, 3.8) is 0 Å². The number of carbonyl (C=O) groups is 2. The molecule has 0 radical (unpaired) electrons. The SMILES string of the molecule is COC(=O)C(=O)CCc1cc(OC)ccc1OC. The Kier molecular flexibility index (Phi) is 5.17. The van der Waals surface area contributed by atoms with E-state index in [0.29, 0.717) is 17.9 Å². The summed E-state index contributed by atoms with van der Waals surface area (Å²) in [5.41, 5.74) is 0.814. The predicted octanol–water partition coefficient (Wildman–Crippen LogP) is 1.38. The molecule has 0 saturated heterocycles. The minimum Gasteiger partial charge on any atom is -0.497 e. The molecule has 0 aliphatic heterocycles. The molecule has 0 aliphatic carbocycles. The summed E-state index contributed by atoms with van der Waals surface area (Å²) < 4.78 is 14.6. The van der Waals surface area contributed by atoms with Crippen LogP contribution in [0.1, 0.15) is 12.0 Å². The smallest absolute Gasteiger partial charge is 0.374 e. The van der Waals surface area contributed by atoms with Gasteiger partial charge in [0, 0.05) is 6.42 Å². The monoisotopic (exact) mass is 252 g/mol. The molecule has 0 unspecified atom stereocenters. The number of aryl methyl sites for hydroxylation is 1. The molecule has 1 rings (SSSR count). The summed E-state index contributed by atoms with van der Waals surface area (Å²) in [6.07, 6.45) is 0.477. The zero-order valence-corrected chi connectivity index (χ0v) is 10.7. The van der Waals surface area contributed by atoms with E-state index in [0.717, 1.165) is 5.56 Å². The number of ether oxygens (including phenoxy) is 3. The first-order valence-corrected chi connectivity index (χ1v) is 5.44. The zero-order valence-electron chi connectivity index (χ0n) is 10.7. The summed E-state index contributed by atoms with van der Waals surface area (Å²) in [7, 11) is 4.30. The van der Waals surface area contributed by atoms with Crippen molar-refractivity contribution in [1.29, 1.82) is 0 Å². The molecular weight excluding hydrogens is 236 g/mol. The molecular formula is C13H16O5. The molecule has 0 heterocycles. The molecule has 5 heteroatoms. The van der Waals surface area contributed by atoms with Crippen molar-refractivity contribution in [3.05, 3.63) is 23.8 Å². The standard InChI is InChI=1S/C13H16O5/c1-16-10-5-7-12(17-2)9(8-10)4-6-11(14)13(15)18-3/h5,7-8H,4,6H2,1-3H3. The summed E-state index contributed by atoms with van der Waals surface area (Å²) in [6.45, 7) is 0. The molecule has 98 valence electrons. The lowest BCUT2D eigenvalue weighted by Crippen LogP contribution is -2.16. The van der Waals surface area contributed by atoms with Crippen molar-refractivity contribution < 1.29 is 23.8 Å². The fourth-order valence-corrected chi connectivity index (χ4v) is 1.54. The van der Waals surface area contributed by atoms with E-state index >= 15 is 0 Å². The summed E-state index contributed by atoms with van der Waals surface area (Å²) in [5, 5.41) is 0. The van der Waals surface area contributed by atoms with Gasteiger partial charge in [-0.25, -0.2) is 4.79 Å². The second-order valence-electron chi connectivity index (χ2n) is 3.59. The Balaban J connectivity index is 2.76. The molecule has 1 aromatic carbocycles. The van der Waals surface area contributed by atoms with Gasteiger partial charge < -0.3 is 14.2 Å². The number of methoxy groups -OCH3 is 3. The lowest BCUT2D eigenvalue weighted by Gasteiger charge is -2.09. The van der Waals surface area contributed by atoms with Crippen LogP contribution in [0.25, 0.3) is 0 Å². The highest BCUT2D eigenvalue weighted by molar-refractivity contribution is 6.33. The molecule has 1 aromatic rings. The van der Waals surface area contributed by atoms with Gasteiger partial charge in [0.05, 0.1) is 21.3 Å². The van der Waals surface area contributed by atoms with E-state index in [9.17, 15) is 9.59 Å². The van der Waals surface area contributed by atoms with Gasteiger partial charge in [0.15, 0.2) is 0 Å². The molecule has 0 atom stereocenters. The third-order valence-corrected chi connectivity index (χ3v) is 2.52. The van der Waals surface area contributed by atoms with E-state index in [1.807, 2.05) is 0 Å². The predicted molar refractivity (Wildman–Crippen MR) is 64.9 cm³/mol. The molecule has 0 aliphatic rings. The second-order valence-corrected chi connectivity index (χ2v) is 3.59. The van der Waals surface area contributed by atoms with Crippen molar-refractivity contribution in [2.75, 3.05) is 21.3 Å². The maximum Gasteiger partial charge on any atom is 0.374 e. The molecule has 0 fully saturated rings. The van der Waals surface area contributed by atoms with Crippen LogP contribution in [0.15, 0.2) is 18.2 Å². The molecule has 5 nitrogen and oxygen atoms in total. The molecule has 18 heavy (non-hydrogen) atoms. The first kappa shape index (κ1) is 14.0. The molecule has 0 aromatic heterocycles. The lowest BCUT2D eigenvalue weighted by molar-refractivity contribution is -0.151. The number of hydrogen-bond donors (Lipinski definition) is 0. The lowest BCUT2D eigenvalue weighted by atomic mass is 10.1. The zero-order chi connectivity index (χ0) is 13.5. The van der Waals surface area contributed by atoms with Gasteiger partial charge in [0.25, 0.3) is 0 Å². The number of rotatable bonds is 6.